The summed E-state index contributed by atoms with van der Waals surface area (Å²) in [5, 5.41) is 14.6. The summed E-state index contributed by atoms with van der Waals surface area (Å²) in [4.78, 5) is 22.8. The molecule has 0 aliphatic carbocycles. The van der Waals surface area contributed by atoms with Gasteiger partial charge >= 0.3 is 0 Å². The van der Waals surface area contributed by atoms with Gasteiger partial charge in [0, 0.05) is 17.7 Å². The van der Waals surface area contributed by atoms with Gasteiger partial charge in [-0.2, -0.15) is 5.10 Å². The first-order chi connectivity index (χ1) is 9.97. The second-order valence-corrected chi connectivity index (χ2v) is 6.51. The normalized spacial score (nSPS) is 11.2. The van der Waals surface area contributed by atoms with Crippen LogP contribution < -0.4 is 5.43 Å². The fourth-order valence-corrected chi connectivity index (χ4v) is 2.83. The Bertz CT molecular complexity index is 710. The monoisotopic (exact) mass is 367 g/mol. The van der Waals surface area contributed by atoms with E-state index < -0.39 is 10.8 Å². The number of nitrogens with one attached hydrogen (secondary N) is 1. The molecule has 1 heterocycles. The average Bonchev–Trinajstić information content (AvgIpc) is 2.91. The van der Waals surface area contributed by atoms with Gasteiger partial charge in [-0.3, -0.25) is 14.9 Å². The van der Waals surface area contributed by atoms with Crippen LogP contribution in [0, 0.1) is 10.1 Å². The highest BCUT2D eigenvalue weighted by Crippen LogP contribution is 2.22. The first-order valence-electron chi connectivity index (χ1n) is 5.82. The number of hydrazone groups is 1. The molecule has 0 aliphatic rings. The van der Waals surface area contributed by atoms with Gasteiger partial charge < -0.3 is 0 Å². The Labute approximate surface area is 132 Å². The molecule has 1 N–H and O–H groups in total. The maximum absolute atomic E-state index is 11.9. The van der Waals surface area contributed by atoms with Gasteiger partial charge in [0.2, 0.25) is 0 Å². The molecule has 21 heavy (non-hydrogen) atoms. The topological polar surface area (TPSA) is 84.6 Å². The molecule has 0 saturated heterocycles. The van der Waals surface area contributed by atoms with Gasteiger partial charge in [-0.1, -0.05) is 0 Å². The molecule has 2 aromatic rings. The zero-order valence-electron chi connectivity index (χ0n) is 10.9. The first-order valence-corrected chi connectivity index (χ1v) is 7.43. The summed E-state index contributed by atoms with van der Waals surface area (Å²) in [5.41, 5.74) is 3.36. The van der Waals surface area contributed by atoms with Crippen LogP contribution in [0.4, 0.5) is 5.69 Å². The molecule has 1 aromatic heterocycles. The number of benzene rings is 1. The number of carbonyl (C=O) groups is 1. The zero-order chi connectivity index (χ0) is 15.4. The number of carbonyl (C=O) groups excluding carboxylic acids is 1. The minimum atomic E-state index is -0.515. The molecular weight excluding hydrogens is 358 g/mol. The van der Waals surface area contributed by atoms with Crippen LogP contribution in [0.1, 0.15) is 22.2 Å². The lowest BCUT2D eigenvalue weighted by Gasteiger charge is -2.01. The van der Waals surface area contributed by atoms with Crippen molar-refractivity contribution in [3.8, 4) is 0 Å². The molecule has 0 unspecified atom stereocenters. The van der Waals surface area contributed by atoms with Gasteiger partial charge in [0.1, 0.15) is 0 Å². The molecule has 1 amide bonds. The maximum Gasteiger partial charge on any atom is 0.271 e. The standard InChI is InChI=1S/C13H10BrN3O3S/c1-8(11-6-7-12(14)21-11)15-16-13(18)9-2-4-10(5-3-9)17(19)20/h2-7H,1H3,(H,16,18)/b15-8-. The van der Waals surface area contributed by atoms with Crippen molar-refractivity contribution in [1.29, 1.82) is 0 Å². The first kappa shape index (κ1) is 15.3. The summed E-state index contributed by atoms with van der Waals surface area (Å²) >= 11 is 4.86. The highest BCUT2D eigenvalue weighted by molar-refractivity contribution is 9.11. The summed E-state index contributed by atoms with van der Waals surface area (Å²) < 4.78 is 0.980. The van der Waals surface area contributed by atoms with E-state index in [1.807, 2.05) is 12.1 Å². The number of amides is 1. The number of nitrogens with zero attached hydrogens (tertiary/aromatic N) is 2. The summed E-state index contributed by atoms with van der Waals surface area (Å²) in [7, 11) is 0. The van der Waals surface area contributed by atoms with Gasteiger partial charge in [0.15, 0.2) is 0 Å². The Morgan fingerprint density at radius 2 is 1.95 bits per heavy atom. The second kappa shape index (κ2) is 6.59. The number of nitro groups is 1. The number of halogens is 1. The van der Waals surface area contributed by atoms with Crippen molar-refractivity contribution < 1.29 is 9.72 Å². The average molecular weight is 368 g/mol. The van der Waals surface area contributed by atoms with Gasteiger partial charge in [-0.15, -0.1) is 11.3 Å². The number of hydrogen-bond donors (Lipinski definition) is 1. The highest BCUT2D eigenvalue weighted by Gasteiger charge is 2.09. The van der Waals surface area contributed by atoms with E-state index in [0.29, 0.717) is 11.3 Å². The molecule has 8 heteroatoms. The number of rotatable bonds is 4. The smallest absolute Gasteiger partial charge is 0.267 e. The molecular formula is C13H10BrN3O3S. The third kappa shape index (κ3) is 3.96. The lowest BCUT2D eigenvalue weighted by molar-refractivity contribution is -0.384. The van der Waals surface area contributed by atoms with E-state index in [2.05, 4.69) is 26.5 Å². The van der Waals surface area contributed by atoms with E-state index in [0.717, 1.165) is 8.66 Å². The van der Waals surface area contributed by atoms with Crippen molar-refractivity contribution in [2.45, 2.75) is 6.92 Å². The predicted molar refractivity (Wildman–Crippen MR) is 84.8 cm³/mol. The van der Waals surface area contributed by atoms with Crippen LogP contribution in [0.2, 0.25) is 0 Å². The lowest BCUT2D eigenvalue weighted by Crippen LogP contribution is -2.19. The summed E-state index contributed by atoms with van der Waals surface area (Å²) in [6.45, 7) is 1.79. The maximum atomic E-state index is 11.9. The van der Waals surface area contributed by atoms with Crippen LogP contribution in [0.3, 0.4) is 0 Å². The van der Waals surface area contributed by atoms with Gasteiger partial charge in [0.05, 0.1) is 19.3 Å². The number of nitro benzene ring substituents is 1. The highest BCUT2D eigenvalue weighted by atomic mass is 79.9. The van der Waals surface area contributed by atoms with E-state index in [-0.39, 0.29) is 5.69 Å². The van der Waals surface area contributed by atoms with Crippen LogP contribution in [0.25, 0.3) is 0 Å². The Hall–Kier alpha value is -2.06. The Morgan fingerprint density at radius 1 is 1.29 bits per heavy atom. The molecule has 6 nitrogen and oxygen atoms in total. The van der Waals surface area contributed by atoms with Crippen molar-refractivity contribution in [2.75, 3.05) is 0 Å². The fraction of sp³-hybridized carbons (Fsp3) is 0.0769. The minimum absolute atomic E-state index is 0.0605. The molecule has 0 atom stereocenters. The SMILES string of the molecule is C/C(=N/NC(=O)c1ccc([N+](=O)[O-])cc1)c1ccc(Br)s1. The van der Waals surface area contributed by atoms with Crippen LogP contribution in [0.5, 0.6) is 0 Å². The van der Waals surface area contributed by atoms with Crippen molar-refractivity contribution in [3.05, 3.63) is 60.7 Å². The van der Waals surface area contributed by atoms with Gasteiger partial charge in [-0.05, 0) is 47.1 Å². The van der Waals surface area contributed by atoms with Gasteiger partial charge in [0.25, 0.3) is 11.6 Å². The summed E-state index contributed by atoms with van der Waals surface area (Å²) in [6, 6.07) is 9.13. The third-order valence-electron chi connectivity index (χ3n) is 2.60. The quantitative estimate of drug-likeness (QED) is 0.509. The molecule has 108 valence electrons. The van der Waals surface area contributed by atoms with Crippen LogP contribution in [-0.2, 0) is 0 Å². The summed E-state index contributed by atoms with van der Waals surface area (Å²) in [5.74, 6) is -0.417. The lowest BCUT2D eigenvalue weighted by atomic mass is 10.2. The van der Waals surface area contributed by atoms with Gasteiger partial charge in [-0.25, -0.2) is 5.43 Å². The minimum Gasteiger partial charge on any atom is -0.267 e. The molecule has 0 bridgehead atoms. The molecule has 0 aliphatic heterocycles. The third-order valence-corrected chi connectivity index (χ3v) is 4.33. The fourth-order valence-electron chi connectivity index (χ4n) is 1.50. The Morgan fingerprint density at radius 3 is 2.48 bits per heavy atom. The molecule has 0 fully saturated rings. The predicted octanol–water partition coefficient (Wildman–Crippen LogP) is 3.57. The van der Waals surface area contributed by atoms with E-state index in [1.165, 1.54) is 35.6 Å². The Kier molecular flexibility index (Phi) is 4.81. The molecule has 0 spiro atoms. The zero-order valence-corrected chi connectivity index (χ0v) is 13.3. The van der Waals surface area contributed by atoms with Crippen molar-refractivity contribution in [3.63, 3.8) is 0 Å². The Balaban J connectivity index is 2.06. The van der Waals surface area contributed by atoms with Crippen LogP contribution in [0.15, 0.2) is 45.3 Å². The van der Waals surface area contributed by atoms with Crippen molar-refractivity contribution >= 4 is 44.6 Å². The van der Waals surface area contributed by atoms with Crippen molar-refractivity contribution in [1.82, 2.24) is 5.43 Å². The largest absolute Gasteiger partial charge is 0.271 e. The van der Waals surface area contributed by atoms with E-state index in [1.54, 1.807) is 6.92 Å². The van der Waals surface area contributed by atoms with Crippen molar-refractivity contribution in [2.24, 2.45) is 5.10 Å². The van der Waals surface area contributed by atoms with Crippen LogP contribution >= 0.6 is 27.3 Å². The van der Waals surface area contributed by atoms with E-state index in [9.17, 15) is 14.9 Å². The van der Waals surface area contributed by atoms with Crippen LogP contribution in [-0.4, -0.2) is 16.5 Å². The number of non-ortho nitro benzene ring substituents is 1. The molecule has 0 saturated carbocycles. The van der Waals surface area contributed by atoms with E-state index >= 15 is 0 Å². The molecule has 2 rings (SSSR count). The second-order valence-electron chi connectivity index (χ2n) is 4.05. The molecule has 0 radical (unpaired) electrons. The number of thiophene rings is 1. The number of hydrogen-bond acceptors (Lipinski definition) is 5. The molecule has 1 aromatic carbocycles. The summed E-state index contributed by atoms with van der Waals surface area (Å²) in [6.07, 6.45) is 0. The van der Waals surface area contributed by atoms with E-state index in [4.69, 9.17) is 0 Å².